The van der Waals surface area contributed by atoms with Gasteiger partial charge in [0.05, 0.1) is 0 Å². The van der Waals surface area contributed by atoms with Gasteiger partial charge in [0.25, 0.3) is 0 Å². The molecule has 0 heterocycles. The minimum absolute atomic E-state index is 0.360. The predicted molar refractivity (Wildman–Crippen MR) is 78.8 cm³/mol. The maximum absolute atomic E-state index is 6.29. The molecule has 0 aromatic heterocycles. The maximum Gasteiger partial charge on any atom is 0.0408 e. The molecule has 0 aliphatic heterocycles. The summed E-state index contributed by atoms with van der Waals surface area (Å²) in [6, 6.07) is 8.57. The van der Waals surface area contributed by atoms with Crippen molar-refractivity contribution in [3.05, 3.63) is 34.9 Å². The fourth-order valence-corrected chi connectivity index (χ4v) is 3.34. The molecule has 3 unspecified atom stereocenters. The number of nitrogens with two attached hydrogens (primary N) is 1. The molecule has 2 rings (SSSR count). The van der Waals surface area contributed by atoms with Crippen LogP contribution in [0.1, 0.15) is 38.7 Å². The fourth-order valence-electron chi connectivity index (χ4n) is 3.13. The number of hydrogen-bond donors (Lipinski definition) is 1. The highest BCUT2D eigenvalue weighted by Crippen LogP contribution is 2.35. The third-order valence-corrected chi connectivity index (χ3v) is 4.65. The van der Waals surface area contributed by atoms with Crippen LogP contribution < -0.4 is 5.73 Å². The van der Waals surface area contributed by atoms with E-state index in [-0.39, 0.29) is 0 Å². The molecule has 1 nitrogen and oxygen atoms in total. The third kappa shape index (κ3) is 3.49. The van der Waals surface area contributed by atoms with E-state index in [1.54, 1.807) is 0 Å². The van der Waals surface area contributed by atoms with Crippen LogP contribution >= 0.6 is 11.6 Å². The quantitative estimate of drug-likeness (QED) is 0.867. The lowest BCUT2D eigenvalue weighted by Crippen LogP contribution is -2.38. The van der Waals surface area contributed by atoms with Crippen LogP contribution in [0.5, 0.6) is 0 Å². The van der Waals surface area contributed by atoms with E-state index in [0.717, 1.165) is 23.3 Å². The smallest absolute Gasteiger partial charge is 0.0408 e. The van der Waals surface area contributed by atoms with Crippen LogP contribution in [0.3, 0.4) is 0 Å². The molecule has 1 aromatic rings. The zero-order chi connectivity index (χ0) is 13.1. The number of hydrogen-bond acceptors (Lipinski definition) is 1. The van der Waals surface area contributed by atoms with Gasteiger partial charge in [0.1, 0.15) is 0 Å². The molecule has 0 spiro atoms. The highest BCUT2D eigenvalue weighted by Gasteiger charge is 2.29. The lowest BCUT2D eigenvalue weighted by molar-refractivity contribution is 0.189. The summed E-state index contributed by atoms with van der Waals surface area (Å²) < 4.78 is 0. The van der Waals surface area contributed by atoms with Crippen molar-refractivity contribution >= 4 is 11.6 Å². The van der Waals surface area contributed by atoms with Crippen molar-refractivity contribution in [2.24, 2.45) is 23.5 Å². The molecule has 0 bridgehead atoms. The van der Waals surface area contributed by atoms with Gasteiger partial charge in [-0.1, -0.05) is 37.6 Å². The molecule has 3 atom stereocenters. The van der Waals surface area contributed by atoms with Gasteiger partial charge in [0, 0.05) is 11.1 Å². The monoisotopic (exact) mass is 265 g/mol. The lowest BCUT2D eigenvalue weighted by atomic mass is 9.72. The molecule has 1 saturated carbocycles. The molecule has 1 fully saturated rings. The van der Waals surface area contributed by atoms with E-state index >= 15 is 0 Å². The van der Waals surface area contributed by atoms with Gasteiger partial charge in [-0.3, -0.25) is 0 Å². The molecular weight excluding hydrogens is 242 g/mol. The summed E-state index contributed by atoms with van der Waals surface area (Å²) in [5, 5.41) is 0.831. The average Bonchev–Trinajstić information content (AvgIpc) is 2.31. The first-order valence-electron chi connectivity index (χ1n) is 7.06. The van der Waals surface area contributed by atoms with Gasteiger partial charge >= 0.3 is 0 Å². The molecule has 0 radical (unpaired) electrons. The Morgan fingerprint density at radius 1 is 1.33 bits per heavy atom. The van der Waals surface area contributed by atoms with E-state index in [4.69, 9.17) is 17.3 Å². The minimum Gasteiger partial charge on any atom is -0.327 e. The fraction of sp³-hybridized carbons (Fsp3) is 0.625. The van der Waals surface area contributed by atoms with E-state index in [1.165, 1.54) is 24.8 Å². The summed E-state index contributed by atoms with van der Waals surface area (Å²) in [5.74, 6) is 2.23. The van der Waals surface area contributed by atoms with Crippen LogP contribution in [0.25, 0.3) is 0 Å². The summed E-state index contributed by atoms with van der Waals surface area (Å²) in [6.45, 7) is 4.66. The van der Waals surface area contributed by atoms with Crippen molar-refractivity contribution in [3.63, 3.8) is 0 Å². The Hall–Kier alpha value is -0.530. The Labute approximate surface area is 116 Å². The van der Waals surface area contributed by atoms with Crippen molar-refractivity contribution in [2.75, 3.05) is 0 Å². The first kappa shape index (κ1) is 13.9. The van der Waals surface area contributed by atoms with Crippen molar-refractivity contribution < 1.29 is 0 Å². The summed E-state index contributed by atoms with van der Waals surface area (Å²) in [7, 11) is 0. The Bertz CT molecular complexity index is 388. The second-order valence-electron chi connectivity index (χ2n) is 6.08. The standard InChI is InChI=1S/C16H24ClN/c1-11(2)13-6-7-16(18)14(10-13)8-12-4-3-5-15(17)9-12/h3-5,9,11,13-14,16H,6-8,10,18H2,1-2H3. The summed E-state index contributed by atoms with van der Waals surface area (Å²) in [6.07, 6.45) is 4.81. The predicted octanol–water partition coefficient (Wildman–Crippen LogP) is 4.28. The number of halogens is 1. The second kappa shape index (κ2) is 6.08. The molecule has 0 amide bonds. The van der Waals surface area contributed by atoms with Gasteiger partial charge in [-0.15, -0.1) is 0 Å². The minimum atomic E-state index is 0.360. The van der Waals surface area contributed by atoms with Gasteiger partial charge in [-0.05, 0) is 61.1 Å². The van der Waals surface area contributed by atoms with Crippen molar-refractivity contribution in [1.29, 1.82) is 0 Å². The molecule has 18 heavy (non-hydrogen) atoms. The number of benzene rings is 1. The van der Waals surface area contributed by atoms with Gasteiger partial charge in [-0.2, -0.15) is 0 Å². The Morgan fingerprint density at radius 3 is 2.78 bits per heavy atom. The average molecular weight is 266 g/mol. The van der Waals surface area contributed by atoms with Crippen LogP contribution in [0.15, 0.2) is 24.3 Å². The largest absolute Gasteiger partial charge is 0.327 e. The van der Waals surface area contributed by atoms with Crippen molar-refractivity contribution in [2.45, 2.75) is 45.6 Å². The first-order chi connectivity index (χ1) is 8.56. The summed E-state index contributed by atoms with van der Waals surface area (Å²) in [4.78, 5) is 0. The van der Waals surface area contributed by atoms with Gasteiger partial charge in [-0.25, -0.2) is 0 Å². The normalized spacial score (nSPS) is 28.6. The first-order valence-corrected chi connectivity index (χ1v) is 7.44. The molecule has 2 N–H and O–H groups in total. The molecule has 0 saturated heterocycles. The van der Waals surface area contributed by atoms with Crippen LogP contribution in [-0.4, -0.2) is 6.04 Å². The Balaban J connectivity index is 2.02. The topological polar surface area (TPSA) is 26.0 Å². The van der Waals surface area contributed by atoms with E-state index in [2.05, 4.69) is 26.0 Å². The lowest BCUT2D eigenvalue weighted by Gasteiger charge is -2.36. The Morgan fingerprint density at radius 2 is 2.11 bits per heavy atom. The molecule has 1 aromatic carbocycles. The van der Waals surface area contributed by atoms with E-state index in [9.17, 15) is 0 Å². The van der Waals surface area contributed by atoms with Crippen LogP contribution in [-0.2, 0) is 6.42 Å². The molecule has 2 heteroatoms. The van der Waals surface area contributed by atoms with Crippen LogP contribution in [0.4, 0.5) is 0 Å². The summed E-state index contributed by atoms with van der Waals surface area (Å²) in [5.41, 5.74) is 7.62. The number of rotatable bonds is 3. The van der Waals surface area contributed by atoms with Crippen molar-refractivity contribution in [3.8, 4) is 0 Å². The molecule has 1 aliphatic carbocycles. The highest BCUT2D eigenvalue weighted by atomic mass is 35.5. The Kier molecular flexibility index (Phi) is 4.69. The van der Waals surface area contributed by atoms with Gasteiger partial charge < -0.3 is 5.73 Å². The molecule has 1 aliphatic rings. The molecule has 100 valence electrons. The van der Waals surface area contributed by atoms with E-state index in [1.807, 2.05) is 12.1 Å². The highest BCUT2D eigenvalue weighted by molar-refractivity contribution is 6.30. The van der Waals surface area contributed by atoms with E-state index < -0.39 is 0 Å². The van der Waals surface area contributed by atoms with Crippen LogP contribution in [0.2, 0.25) is 5.02 Å². The summed E-state index contributed by atoms with van der Waals surface area (Å²) >= 11 is 6.05. The van der Waals surface area contributed by atoms with E-state index in [0.29, 0.717) is 12.0 Å². The zero-order valence-electron chi connectivity index (χ0n) is 11.4. The van der Waals surface area contributed by atoms with Crippen LogP contribution in [0, 0.1) is 17.8 Å². The zero-order valence-corrected chi connectivity index (χ0v) is 12.2. The SMILES string of the molecule is CC(C)C1CCC(N)C(Cc2cccc(Cl)c2)C1. The maximum atomic E-state index is 6.29. The van der Waals surface area contributed by atoms with Gasteiger partial charge in [0.2, 0.25) is 0 Å². The molecular formula is C16H24ClN. The second-order valence-corrected chi connectivity index (χ2v) is 6.51. The van der Waals surface area contributed by atoms with Gasteiger partial charge in [0.15, 0.2) is 0 Å². The third-order valence-electron chi connectivity index (χ3n) is 4.41. The van der Waals surface area contributed by atoms with Crippen molar-refractivity contribution in [1.82, 2.24) is 0 Å².